The van der Waals surface area contributed by atoms with Gasteiger partial charge in [0.1, 0.15) is 11.6 Å². The summed E-state index contributed by atoms with van der Waals surface area (Å²) in [6.07, 6.45) is 1.65. The minimum absolute atomic E-state index is 0.0812. The van der Waals surface area contributed by atoms with Gasteiger partial charge in [-0.3, -0.25) is 4.79 Å². The molecule has 0 aliphatic heterocycles. The van der Waals surface area contributed by atoms with E-state index in [4.69, 9.17) is 10.5 Å². The number of carbonyl (C=O) groups excluding carboxylic acids is 1. The molecule has 6 heteroatoms. The van der Waals surface area contributed by atoms with Crippen LogP contribution in [0.1, 0.15) is 10.4 Å². The van der Waals surface area contributed by atoms with Gasteiger partial charge < -0.3 is 10.5 Å². The molecule has 1 heterocycles. The van der Waals surface area contributed by atoms with Gasteiger partial charge in [0.05, 0.1) is 12.4 Å². The number of nitrogens with zero attached hydrogens (tertiary/aromatic N) is 1. The van der Waals surface area contributed by atoms with Gasteiger partial charge in [0.2, 0.25) is 0 Å². The number of hydrogen-bond acceptors (Lipinski definition) is 4. The first-order valence-electron chi connectivity index (χ1n) is 5.67. The molecule has 4 nitrogen and oxygen atoms in total. The fourth-order valence-corrected chi connectivity index (χ4v) is 1.95. The topological polar surface area (TPSA) is 65.2 Å². The number of nitrogens with two attached hydrogens (primary N) is 1. The molecule has 106 valence electrons. The van der Waals surface area contributed by atoms with Crippen LogP contribution in [0.4, 0.5) is 5.82 Å². The van der Waals surface area contributed by atoms with Crippen LogP contribution in [-0.2, 0) is 0 Å². The number of anilines is 1. The van der Waals surface area contributed by atoms with Crippen molar-refractivity contribution in [2.75, 3.05) is 18.2 Å². The van der Waals surface area contributed by atoms with E-state index in [1.165, 1.54) is 0 Å². The fraction of sp³-hybridized carbons (Fsp3) is 0.143. The highest BCUT2D eigenvalue weighted by atomic mass is 79.9. The van der Waals surface area contributed by atoms with Crippen LogP contribution in [0.5, 0.6) is 5.75 Å². The maximum absolute atomic E-state index is 11.1. The molecule has 0 fully saturated rings. The summed E-state index contributed by atoms with van der Waals surface area (Å²) in [4.78, 5) is 14.9. The minimum atomic E-state index is 0.0812. The molecule has 0 unspecified atom stereocenters. The smallest absolute Gasteiger partial charge is 0.173 e. The summed E-state index contributed by atoms with van der Waals surface area (Å²) < 4.78 is 5.92. The second-order valence-electron chi connectivity index (χ2n) is 3.68. The van der Waals surface area contributed by atoms with Crippen LogP contribution in [0, 0.1) is 0 Å². The summed E-state index contributed by atoms with van der Waals surface area (Å²) in [6.45, 7) is 0. The van der Waals surface area contributed by atoms with E-state index in [0.717, 1.165) is 10.2 Å². The van der Waals surface area contributed by atoms with Gasteiger partial charge in [-0.2, -0.15) is 0 Å². The van der Waals surface area contributed by atoms with Gasteiger partial charge in [0, 0.05) is 16.2 Å². The van der Waals surface area contributed by atoms with Crippen LogP contribution in [0.25, 0.3) is 0 Å². The Morgan fingerprint density at radius 2 is 1.95 bits per heavy atom. The normalized spacial score (nSPS) is 9.35. The summed E-state index contributed by atoms with van der Waals surface area (Å²) in [5, 5.41) is 0.360. The molecule has 0 saturated heterocycles. The molecule has 2 rings (SSSR count). The van der Waals surface area contributed by atoms with Gasteiger partial charge in [-0.15, -0.1) is 0 Å². The SMILES string of the molecule is COc1ccc(C(=O)CBr)cc1.Nc1cc(Br)ccn1. The average Bonchev–Trinajstić information content (AvgIpc) is 2.47. The van der Waals surface area contributed by atoms with Crippen LogP contribution in [-0.4, -0.2) is 23.2 Å². The van der Waals surface area contributed by atoms with Crippen molar-refractivity contribution in [1.82, 2.24) is 4.98 Å². The van der Waals surface area contributed by atoms with Gasteiger partial charge in [-0.1, -0.05) is 31.9 Å². The predicted molar refractivity (Wildman–Crippen MR) is 87.5 cm³/mol. The van der Waals surface area contributed by atoms with Crippen molar-refractivity contribution < 1.29 is 9.53 Å². The number of hydrogen-bond donors (Lipinski definition) is 1. The number of benzene rings is 1. The van der Waals surface area contributed by atoms with Gasteiger partial charge in [-0.05, 0) is 36.4 Å². The van der Waals surface area contributed by atoms with E-state index in [1.54, 1.807) is 43.6 Å². The molecule has 0 amide bonds. The van der Waals surface area contributed by atoms with Gasteiger partial charge in [-0.25, -0.2) is 4.98 Å². The number of ether oxygens (including phenoxy) is 1. The molecule has 0 aliphatic carbocycles. The lowest BCUT2D eigenvalue weighted by atomic mass is 10.1. The van der Waals surface area contributed by atoms with E-state index >= 15 is 0 Å². The third-order valence-electron chi connectivity index (χ3n) is 2.28. The highest BCUT2D eigenvalue weighted by Crippen LogP contribution is 2.12. The Morgan fingerprint density at radius 3 is 2.35 bits per heavy atom. The number of methoxy groups -OCH3 is 1. The quantitative estimate of drug-likeness (QED) is 0.629. The molecular formula is C14H14Br2N2O2. The number of ketones is 1. The van der Waals surface area contributed by atoms with E-state index in [0.29, 0.717) is 16.7 Å². The maximum Gasteiger partial charge on any atom is 0.173 e. The second kappa shape index (κ2) is 8.71. The summed E-state index contributed by atoms with van der Waals surface area (Å²) in [6, 6.07) is 10.6. The zero-order valence-electron chi connectivity index (χ0n) is 10.8. The number of nitrogen functional groups attached to an aromatic ring is 1. The van der Waals surface area contributed by atoms with E-state index in [2.05, 4.69) is 36.8 Å². The zero-order valence-corrected chi connectivity index (χ0v) is 14.0. The Hall–Kier alpha value is -1.40. The highest BCUT2D eigenvalue weighted by molar-refractivity contribution is 9.10. The number of alkyl halides is 1. The van der Waals surface area contributed by atoms with Gasteiger partial charge in [0.25, 0.3) is 0 Å². The van der Waals surface area contributed by atoms with Gasteiger partial charge >= 0.3 is 0 Å². The lowest BCUT2D eigenvalue weighted by molar-refractivity contribution is 0.102. The Balaban J connectivity index is 0.000000217. The molecule has 2 N–H and O–H groups in total. The highest BCUT2D eigenvalue weighted by Gasteiger charge is 2.02. The standard InChI is InChI=1S/C9H9BrO2.C5H5BrN2/c1-12-8-4-2-7(3-5-8)9(11)6-10;6-4-1-2-8-5(7)3-4/h2-5H,6H2,1H3;1-3H,(H2,7,8). The van der Waals surface area contributed by atoms with Crippen molar-refractivity contribution in [3.8, 4) is 5.75 Å². The molecule has 0 atom stereocenters. The summed E-state index contributed by atoms with van der Waals surface area (Å²) in [7, 11) is 1.60. The second-order valence-corrected chi connectivity index (χ2v) is 5.16. The molecular weight excluding hydrogens is 388 g/mol. The Bertz CT molecular complexity index is 542. The zero-order chi connectivity index (χ0) is 15.0. The van der Waals surface area contributed by atoms with Crippen LogP contribution in [0.15, 0.2) is 47.1 Å². The monoisotopic (exact) mass is 400 g/mol. The molecule has 20 heavy (non-hydrogen) atoms. The van der Waals surface area contributed by atoms with Crippen molar-refractivity contribution in [2.45, 2.75) is 0 Å². The minimum Gasteiger partial charge on any atom is -0.497 e. The van der Waals surface area contributed by atoms with Crippen molar-refractivity contribution in [3.05, 3.63) is 52.6 Å². The van der Waals surface area contributed by atoms with Gasteiger partial charge in [0.15, 0.2) is 5.78 Å². The number of halogens is 2. The third-order valence-corrected chi connectivity index (χ3v) is 3.28. The Morgan fingerprint density at radius 1 is 1.30 bits per heavy atom. The molecule has 0 bridgehead atoms. The molecule has 1 aromatic heterocycles. The Kier molecular flexibility index (Phi) is 7.25. The van der Waals surface area contributed by atoms with Crippen LogP contribution < -0.4 is 10.5 Å². The van der Waals surface area contributed by atoms with Crippen molar-refractivity contribution >= 4 is 43.5 Å². The molecule has 1 aromatic carbocycles. The lowest BCUT2D eigenvalue weighted by Gasteiger charge is -1.99. The maximum atomic E-state index is 11.1. The van der Waals surface area contributed by atoms with Crippen LogP contribution in [0.2, 0.25) is 0 Å². The molecule has 0 radical (unpaired) electrons. The summed E-state index contributed by atoms with van der Waals surface area (Å²) in [5.74, 6) is 1.39. The van der Waals surface area contributed by atoms with E-state index < -0.39 is 0 Å². The number of rotatable bonds is 3. The first-order chi connectivity index (χ1) is 9.56. The lowest BCUT2D eigenvalue weighted by Crippen LogP contribution is -1.98. The first kappa shape index (κ1) is 16.7. The third kappa shape index (κ3) is 5.71. The van der Waals surface area contributed by atoms with Crippen molar-refractivity contribution in [1.29, 1.82) is 0 Å². The van der Waals surface area contributed by atoms with E-state index in [1.807, 2.05) is 6.07 Å². The fourth-order valence-electron chi connectivity index (χ4n) is 1.28. The molecule has 2 aromatic rings. The predicted octanol–water partition coefficient (Wildman–Crippen LogP) is 3.70. The molecule has 0 aliphatic rings. The summed E-state index contributed by atoms with van der Waals surface area (Å²) >= 11 is 6.35. The van der Waals surface area contributed by atoms with E-state index in [9.17, 15) is 4.79 Å². The Labute approximate surface area is 134 Å². The number of Topliss-reactive ketones (excluding diaryl/α,β-unsaturated/α-hetero) is 1. The number of pyridine rings is 1. The van der Waals surface area contributed by atoms with Crippen LogP contribution >= 0.6 is 31.9 Å². The number of aromatic nitrogens is 1. The first-order valence-corrected chi connectivity index (χ1v) is 7.58. The average molecular weight is 402 g/mol. The number of carbonyl (C=O) groups is 1. The molecule has 0 spiro atoms. The summed E-state index contributed by atoms with van der Waals surface area (Å²) in [5.41, 5.74) is 6.02. The van der Waals surface area contributed by atoms with Crippen molar-refractivity contribution in [3.63, 3.8) is 0 Å². The molecule has 0 saturated carbocycles. The van der Waals surface area contributed by atoms with Crippen LogP contribution in [0.3, 0.4) is 0 Å². The largest absolute Gasteiger partial charge is 0.497 e. The van der Waals surface area contributed by atoms with Crippen molar-refractivity contribution in [2.24, 2.45) is 0 Å². The van der Waals surface area contributed by atoms with E-state index in [-0.39, 0.29) is 5.78 Å².